The Morgan fingerprint density at radius 1 is 0.889 bits per heavy atom. The minimum Gasteiger partial charge on any atom is -0.396 e. The monoisotopic (exact) mass is 754 g/mol. The van der Waals surface area contributed by atoms with Crippen molar-refractivity contribution < 1.29 is 14.4 Å². The molecule has 7 atom stereocenters. The number of hydrogen-bond acceptors (Lipinski definition) is 4. The van der Waals surface area contributed by atoms with Gasteiger partial charge in [-0.15, -0.1) is 12.8 Å². The van der Waals surface area contributed by atoms with E-state index >= 15 is 0 Å². The molecule has 0 bridgehead atoms. The molecule has 2 aliphatic rings. The van der Waals surface area contributed by atoms with Gasteiger partial charge in [-0.2, -0.15) is 0 Å². The van der Waals surface area contributed by atoms with Crippen molar-refractivity contribution >= 4 is 17.6 Å². The van der Waals surface area contributed by atoms with Crippen molar-refractivity contribution in [2.75, 3.05) is 0 Å². The largest absolute Gasteiger partial charge is 0.396 e. The molecule has 2 amide bonds. The third kappa shape index (κ3) is 20.8. The lowest BCUT2D eigenvalue weighted by molar-refractivity contribution is -0.122. The van der Waals surface area contributed by atoms with E-state index in [1.165, 1.54) is 31.3 Å². The molecule has 6 heteroatoms. The third-order valence-corrected chi connectivity index (χ3v) is 11.0. The summed E-state index contributed by atoms with van der Waals surface area (Å²) in [6, 6.07) is -0.283. The van der Waals surface area contributed by atoms with E-state index in [0.29, 0.717) is 11.8 Å². The average molecular weight is 754 g/mol. The fourth-order valence-electron chi connectivity index (χ4n) is 7.47. The molecule has 4 unspecified atom stereocenters. The van der Waals surface area contributed by atoms with Crippen molar-refractivity contribution in [1.82, 2.24) is 10.6 Å². The Labute approximate surface area is 335 Å². The molecule has 312 valence electrons. The Morgan fingerprint density at radius 2 is 1.41 bits per heavy atom. The zero-order valence-electron chi connectivity index (χ0n) is 38.0. The quantitative estimate of drug-likeness (QED) is 0.0782. The lowest BCUT2D eigenvalue weighted by Crippen LogP contribution is -2.52. The number of urea groups is 1. The molecule has 0 aromatic carbocycles. The highest BCUT2D eigenvalue weighted by Crippen LogP contribution is 2.51. The van der Waals surface area contributed by atoms with Crippen LogP contribution >= 0.6 is 0 Å². The van der Waals surface area contributed by atoms with E-state index in [4.69, 9.17) is 5.73 Å². The Hall–Kier alpha value is -2.81. The summed E-state index contributed by atoms with van der Waals surface area (Å²) in [5, 5.41) is 6.58. The maximum atomic E-state index is 13.4. The van der Waals surface area contributed by atoms with Crippen LogP contribution in [0.1, 0.15) is 174 Å². The van der Waals surface area contributed by atoms with Gasteiger partial charge in [0.2, 0.25) is 0 Å². The lowest BCUT2D eigenvalue weighted by Gasteiger charge is -2.38. The number of carbonyl (C=O) groups is 3. The Balaban J connectivity index is 0. The summed E-state index contributed by atoms with van der Waals surface area (Å²) in [6.45, 7) is 44.1. The number of carbonyl (C=O) groups excluding carboxylic acids is 3. The van der Waals surface area contributed by atoms with Gasteiger partial charge in [0.15, 0.2) is 5.78 Å². The number of amides is 2. The number of rotatable bonds is 17. The second-order valence-electron chi connectivity index (χ2n) is 19.7. The first-order chi connectivity index (χ1) is 24.7. The summed E-state index contributed by atoms with van der Waals surface area (Å²) in [5.74, 6) is 2.21. The topological polar surface area (TPSA) is 101 Å². The molecule has 0 aromatic rings. The van der Waals surface area contributed by atoms with E-state index in [2.05, 4.69) is 133 Å². The lowest BCUT2D eigenvalue weighted by atomic mass is 9.73. The van der Waals surface area contributed by atoms with E-state index in [1.54, 1.807) is 6.92 Å². The van der Waals surface area contributed by atoms with Crippen LogP contribution in [0.25, 0.3) is 0 Å². The number of ketones is 2. The summed E-state index contributed by atoms with van der Waals surface area (Å²) in [4.78, 5) is 37.3. The molecule has 0 heterocycles. The molecule has 0 spiro atoms. The fourth-order valence-corrected chi connectivity index (χ4v) is 7.47. The van der Waals surface area contributed by atoms with E-state index in [0.717, 1.165) is 56.4 Å². The third-order valence-electron chi connectivity index (χ3n) is 11.0. The number of nitrogens with one attached hydrogen (secondary N) is 2. The van der Waals surface area contributed by atoms with Crippen LogP contribution in [0.3, 0.4) is 0 Å². The molecule has 0 aliphatic heterocycles. The van der Waals surface area contributed by atoms with Gasteiger partial charge in [-0.3, -0.25) is 9.59 Å². The smallest absolute Gasteiger partial charge is 0.315 e. The molecule has 2 saturated carbocycles. The average Bonchev–Trinajstić information content (AvgIpc) is 3.79. The van der Waals surface area contributed by atoms with Crippen molar-refractivity contribution in [1.29, 1.82) is 0 Å². The standard InChI is InChI=1S/C33H60N2O2.C10H17NO.C3H8.C2H2/c1-15-25-19-27(25)28(24(5)36)22(3)23(4)29(33(12,13)14)35-30(37)34-26(20-31(6,7)8)18-16-17-21(2)32(9,10)11;1-7(10(12)8(2)11)6-9-4-3-5-9;1-3-2;1-2/h22,25-29H,2,4,15-20H2,1,3,5-14H3,(H2,34,35,37);7,9H,2-6,11H2,1H3;3H2,1-2H3;1-2H/t22?,25-,26-,27+,28?,29?;;;/m1.../s1. The zero-order valence-corrected chi connectivity index (χ0v) is 38.0. The van der Waals surface area contributed by atoms with Crippen molar-refractivity contribution in [3.05, 3.63) is 36.6 Å². The van der Waals surface area contributed by atoms with Gasteiger partial charge in [-0.25, -0.2) is 4.79 Å². The normalized spacial score (nSPS) is 19.4. The van der Waals surface area contributed by atoms with E-state index in [-0.39, 0.29) is 69.4 Å². The molecular weight excluding hydrogens is 667 g/mol. The number of allylic oxidation sites excluding steroid dienone is 2. The number of terminal acetylenes is 1. The molecular formula is C48H87N3O3. The first-order valence-corrected chi connectivity index (χ1v) is 21.0. The van der Waals surface area contributed by atoms with Crippen molar-refractivity contribution in [3.8, 4) is 12.8 Å². The first kappa shape index (κ1) is 53.3. The van der Waals surface area contributed by atoms with Crippen LogP contribution in [0.15, 0.2) is 36.6 Å². The SMILES string of the molecule is C#C.C=C(C(C)C(C(C)=O)[C@H]1C[C@H]1CC)C(NC(=O)N[C@H](CCCC(=C)C(C)(C)C)CC(C)(C)C)C(C)(C)C.C=C(N)C(=O)C(C)CC1CCC1.CCC. The highest BCUT2D eigenvalue weighted by Gasteiger charge is 2.47. The zero-order chi connectivity index (χ0) is 42.8. The molecule has 6 nitrogen and oxygen atoms in total. The van der Waals surface area contributed by atoms with Gasteiger partial charge in [-0.1, -0.05) is 160 Å². The maximum Gasteiger partial charge on any atom is 0.315 e. The van der Waals surface area contributed by atoms with Crippen LogP contribution in [0.4, 0.5) is 4.79 Å². The van der Waals surface area contributed by atoms with Crippen molar-refractivity contribution in [2.45, 2.75) is 187 Å². The summed E-state index contributed by atoms with van der Waals surface area (Å²) < 4.78 is 0. The van der Waals surface area contributed by atoms with Gasteiger partial charge in [0, 0.05) is 17.9 Å². The second kappa shape index (κ2) is 24.7. The minimum absolute atomic E-state index is 0.0169. The van der Waals surface area contributed by atoms with Crippen LogP contribution in [0.2, 0.25) is 0 Å². The van der Waals surface area contributed by atoms with Crippen molar-refractivity contribution in [3.63, 3.8) is 0 Å². The predicted octanol–water partition coefficient (Wildman–Crippen LogP) is 12.2. The number of hydrogen-bond donors (Lipinski definition) is 3. The van der Waals surface area contributed by atoms with Gasteiger partial charge in [0.05, 0.1) is 11.7 Å². The Bertz CT molecular complexity index is 1200. The Morgan fingerprint density at radius 3 is 1.76 bits per heavy atom. The van der Waals surface area contributed by atoms with Gasteiger partial charge in [0.1, 0.15) is 5.78 Å². The predicted molar refractivity (Wildman–Crippen MR) is 235 cm³/mol. The molecule has 54 heavy (non-hydrogen) atoms. The molecule has 0 radical (unpaired) electrons. The van der Waals surface area contributed by atoms with E-state index in [1.807, 2.05) is 6.92 Å². The highest BCUT2D eigenvalue weighted by atomic mass is 16.2. The highest BCUT2D eigenvalue weighted by molar-refractivity contribution is 5.95. The maximum absolute atomic E-state index is 13.4. The van der Waals surface area contributed by atoms with Crippen LogP contribution in [-0.4, -0.2) is 29.7 Å². The second-order valence-corrected chi connectivity index (χ2v) is 19.7. The molecule has 2 fully saturated rings. The number of nitrogens with two attached hydrogens (primary N) is 1. The van der Waals surface area contributed by atoms with Crippen LogP contribution in [0.5, 0.6) is 0 Å². The fraction of sp³-hybridized carbons (Fsp3) is 0.771. The molecule has 2 aliphatic carbocycles. The van der Waals surface area contributed by atoms with Gasteiger partial charge >= 0.3 is 6.03 Å². The molecule has 4 N–H and O–H groups in total. The van der Waals surface area contributed by atoms with Crippen LogP contribution in [0, 0.1) is 64.6 Å². The summed E-state index contributed by atoms with van der Waals surface area (Å²) in [7, 11) is 0. The van der Waals surface area contributed by atoms with Gasteiger partial charge in [-0.05, 0) is 85.4 Å². The van der Waals surface area contributed by atoms with E-state index < -0.39 is 0 Å². The van der Waals surface area contributed by atoms with Gasteiger partial charge < -0.3 is 16.4 Å². The molecule has 0 aromatic heterocycles. The summed E-state index contributed by atoms with van der Waals surface area (Å²) in [5.41, 5.74) is 7.74. The number of Topliss-reactive ketones (excluding diaryl/α,β-unsaturated/α-hetero) is 2. The van der Waals surface area contributed by atoms with Gasteiger partial charge in [0.25, 0.3) is 0 Å². The minimum atomic E-state index is -0.223. The first-order valence-electron chi connectivity index (χ1n) is 21.0. The van der Waals surface area contributed by atoms with E-state index in [9.17, 15) is 14.4 Å². The molecule has 0 saturated heterocycles. The van der Waals surface area contributed by atoms with Crippen molar-refractivity contribution in [2.24, 2.45) is 57.5 Å². The summed E-state index contributed by atoms with van der Waals surface area (Å²) in [6.07, 6.45) is 20.2. The van der Waals surface area contributed by atoms with Crippen LogP contribution < -0.4 is 16.4 Å². The molecule has 2 rings (SSSR count). The summed E-state index contributed by atoms with van der Waals surface area (Å²) >= 11 is 0. The van der Waals surface area contributed by atoms with Crippen LogP contribution in [-0.2, 0) is 9.59 Å². The Kier molecular flexibility index (Phi) is 24.3.